The van der Waals surface area contributed by atoms with Crippen LogP contribution in [0.2, 0.25) is 0 Å². The van der Waals surface area contributed by atoms with E-state index in [0.29, 0.717) is 19.6 Å². The maximum absolute atomic E-state index is 13.1. The SMILES string of the molecule is C[C@@H]1CN(C(=O)COc2cc(C(=O)O)ccc2N)[C@@H](C)CN1Cc1ccc(F)cc1. The summed E-state index contributed by atoms with van der Waals surface area (Å²) in [5, 5.41) is 9.09. The van der Waals surface area contributed by atoms with Crippen molar-refractivity contribution in [3.05, 3.63) is 59.4 Å². The predicted octanol–water partition coefficient (Wildman–Crippen LogP) is 2.61. The monoisotopic (exact) mass is 415 g/mol. The number of nitrogens with zero attached hydrogens (tertiary/aromatic N) is 2. The van der Waals surface area contributed by atoms with Crippen molar-refractivity contribution < 1.29 is 23.8 Å². The van der Waals surface area contributed by atoms with Gasteiger partial charge in [-0.05, 0) is 49.7 Å². The van der Waals surface area contributed by atoms with Gasteiger partial charge >= 0.3 is 5.97 Å². The molecule has 0 unspecified atom stereocenters. The molecule has 2 atom stereocenters. The van der Waals surface area contributed by atoms with E-state index in [4.69, 9.17) is 15.6 Å². The van der Waals surface area contributed by atoms with Gasteiger partial charge in [-0.15, -0.1) is 0 Å². The molecule has 2 aromatic rings. The van der Waals surface area contributed by atoms with Crippen molar-refractivity contribution in [2.75, 3.05) is 25.4 Å². The Kier molecular flexibility index (Phi) is 6.56. The van der Waals surface area contributed by atoms with Crippen LogP contribution in [-0.4, -0.2) is 58.6 Å². The van der Waals surface area contributed by atoms with Gasteiger partial charge in [0, 0.05) is 31.7 Å². The van der Waals surface area contributed by atoms with Gasteiger partial charge in [0.25, 0.3) is 5.91 Å². The number of aromatic carboxylic acids is 1. The average Bonchev–Trinajstić information content (AvgIpc) is 2.71. The van der Waals surface area contributed by atoms with Crippen molar-refractivity contribution in [3.63, 3.8) is 0 Å². The van der Waals surface area contributed by atoms with Crippen LogP contribution in [0.1, 0.15) is 29.8 Å². The Bertz CT molecular complexity index is 919. The summed E-state index contributed by atoms with van der Waals surface area (Å²) >= 11 is 0. The fraction of sp³-hybridized carbons (Fsp3) is 0.364. The first-order chi connectivity index (χ1) is 14.2. The van der Waals surface area contributed by atoms with E-state index in [1.165, 1.54) is 30.3 Å². The zero-order valence-corrected chi connectivity index (χ0v) is 17.0. The number of hydrogen-bond donors (Lipinski definition) is 2. The van der Waals surface area contributed by atoms with Crippen LogP contribution >= 0.6 is 0 Å². The van der Waals surface area contributed by atoms with E-state index < -0.39 is 5.97 Å². The molecule has 3 N–H and O–H groups in total. The number of amides is 1. The summed E-state index contributed by atoms with van der Waals surface area (Å²) in [4.78, 5) is 27.9. The Balaban J connectivity index is 1.59. The summed E-state index contributed by atoms with van der Waals surface area (Å²) in [6.45, 7) is 5.70. The number of carboxylic acid groups (broad SMARTS) is 1. The molecule has 30 heavy (non-hydrogen) atoms. The highest BCUT2D eigenvalue weighted by molar-refractivity contribution is 5.89. The lowest BCUT2D eigenvalue weighted by Crippen LogP contribution is -2.58. The largest absolute Gasteiger partial charge is 0.482 e. The number of hydrogen-bond acceptors (Lipinski definition) is 5. The summed E-state index contributed by atoms with van der Waals surface area (Å²) < 4.78 is 18.7. The molecular formula is C22H26FN3O4. The molecule has 0 spiro atoms. The van der Waals surface area contributed by atoms with E-state index in [1.54, 1.807) is 17.0 Å². The Morgan fingerprint density at radius 3 is 2.50 bits per heavy atom. The van der Waals surface area contributed by atoms with Gasteiger partial charge in [0.05, 0.1) is 11.3 Å². The van der Waals surface area contributed by atoms with E-state index >= 15 is 0 Å². The van der Waals surface area contributed by atoms with Crippen molar-refractivity contribution >= 4 is 17.6 Å². The zero-order valence-electron chi connectivity index (χ0n) is 17.0. The molecule has 0 aliphatic carbocycles. The molecule has 1 aliphatic rings. The number of carboxylic acids is 1. The maximum Gasteiger partial charge on any atom is 0.335 e. The first-order valence-electron chi connectivity index (χ1n) is 9.78. The van der Waals surface area contributed by atoms with Gasteiger partial charge in [-0.3, -0.25) is 9.69 Å². The van der Waals surface area contributed by atoms with Crippen LogP contribution in [-0.2, 0) is 11.3 Å². The third-order valence-corrected chi connectivity index (χ3v) is 5.35. The van der Waals surface area contributed by atoms with Gasteiger partial charge in [0.2, 0.25) is 0 Å². The summed E-state index contributed by atoms with van der Waals surface area (Å²) in [6.07, 6.45) is 0. The molecule has 8 heteroatoms. The van der Waals surface area contributed by atoms with Crippen LogP contribution in [0.4, 0.5) is 10.1 Å². The molecule has 0 radical (unpaired) electrons. The molecule has 1 saturated heterocycles. The first kappa shape index (κ1) is 21.6. The normalized spacial score (nSPS) is 19.5. The molecule has 1 heterocycles. The van der Waals surface area contributed by atoms with Crippen LogP contribution < -0.4 is 10.5 Å². The first-order valence-corrected chi connectivity index (χ1v) is 9.78. The molecule has 7 nitrogen and oxygen atoms in total. The lowest BCUT2D eigenvalue weighted by Gasteiger charge is -2.44. The predicted molar refractivity (Wildman–Crippen MR) is 111 cm³/mol. The maximum atomic E-state index is 13.1. The lowest BCUT2D eigenvalue weighted by atomic mass is 10.1. The second kappa shape index (κ2) is 9.13. The number of carbonyl (C=O) groups excluding carboxylic acids is 1. The molecule has 3 rings (SSSR count). The number of rotatable bonds is 6. The fourth-order valence-electron chi connectivity index (χ4n) is 3.61. The molecule has 2 aromatic carbocycles. The van der Waals surface area contributed by atoms with Crippen molar-refractivity contribution in [3.8, 4) is 5.75 Å². The van der Waals surface area contributed by atoms with Crippen molar-refractivity contribution in [1.82, 2.24) is 9.80 Å². The van der Waals surface area contributed by atoms with Gasteiger partial charge in [0.1, 0.15) is 11.6 Å². The number of nitrogens with two attached hydrogens (primary N) is 1. The van der Waals surface area contributed by atoms with E-state index in [-0.39, 0.29) is 47.4 Å². The van der Waals surface area contributed by atoms with Gasteiger partial charge in [-0.1, -0.05) is 12.1 Å². The lowest BCUT2D eigenvalue weighted by molar-refractivity contribution is -0.139. The number of anilines is 1. The number of piperazine rings is 1. The van der Waals surface area contributed by atoms with E-state index in [2.05, 4.69) is 4.90 Å². The second-order valence-electron chi connectivity index (χ2n) is 7.65. The minimum atomic E-state index is -1.09. The molecule has 1 aliphatic heterocycles. The number of nitrogen functional groups attached to an aromatic ring is 1. The summed E-state index contributed by atoms with van der Waals surface area (Å²) in [7, 11) is 0. The second-order valence-corrected chi connectivity index (χ2v) is 7.65. The third-order valence-electron chi connectivity index (χ3n) is 5.35. The van der Waals surface area contributed by atoms with Crippen molar-refractivity contribution in [1.29, 1.82) is 0 Å². The minimum Gasteiger partial charge on any atom is -0.482 e. The van der Waals surface area contributed by atoms with Gasteiger partial charge < -0.3 is 20.5 Å². The highest BCUT2D eigenvalue weighted by Crippen LogP contribution is 2.24. The number of halogens is 1. The Labute approximate surface area is 174 Å². The highest BCUT2D eigenvalue weighted by atomic mass is 19.1. The van der Waals surface area contributed by atoms with Gasteiger partial charge in [-0.25, -0.2) is 9.18 Å². The summed E-state index contributed by atoms with van der Waals surface area (Å²) in [5.41, 5.74) is 7.17. The Morgan fingerprint density at radius 1 is 1.13 bits per heavy atom. The smallest absolute Gasteiger partial charge is 0.335 e. The number of benzene rings is 2. The molecule has 1 amide bonds. The Morgan fingerprint density at radius 2 is 1.83 bits per heavy atom. The summed E-state index contributed by atoms with van der Waals surface area (Å²) in [5.74, 6) is -1.36. The molecule has 0 bridgehead atoms. The van der Waals surface area contributed by atoms with Crippen molar-refractivity contribution in [2.45, 2.75) is 32.5 Å². The van der Waals surface area contributed by atoms with Crippen molar-refractivity contribution in [2.24, 2.45) is 0 Å². The van der Waals surface area contributed by atoms with E-state index in [0.717, 1.165) is 5.56 Å². The molecule has 1 fully saturated rings. The van der Waals surface area contributed by atoms with Crippen LogP contribution in [0.15, 0.2) is 42.5 Å². The van der Waals surface area contributed by atoms with Crippen LogP contribution in [0.25, 0.3) is 0 Å². The topological polar surface area (TPSA) is 96.1 Å². The summed E-state index contributed by atoms with van der Waals surface area (Å²) in [6, 6.07) is 10.7. The van der Waals surface area contributed by atoms with Gasteiger partial charge in [-0.2, -0.15) is 0 Å². The van der Waals surface area contributed by atoms with Crippen LogP contribution in [0, 0.1) is 5.82 Å². The molecule has 0 saturated carbocycles. The molecular weight excluding hydrogens is 389 g/mol. The standard InChI is InChI=1S/C22H26FN3O4/c1-14-11-26(15(2)10-25(14)12-16-3-6-18(23)7-4-16)21(27)13-30-20-9-17(22(28)29)5-8-19(20)24/h3-9,14-15H,10-13,24H2,1-2H3,(H,28,29)/t14-,15+/m1/s1. The fourth-order valence-corrected chi connectivity index (χ4v) is 3.61. The quantitative estimate of drug-likeness (QED) is 0.704. The minimum absolute atomic E-state index is 0.0274. The zero-order chi connectivity index (χ0) is 21.8. The third kappa shape index (κ3) is 5.07. The van der Waals surface area contributed by atoms with Crippen LogP contribution in [0.5, 0.6) is 5.75 Å². The number of carbonyl (C=O) groups is 2. The highest BCUT2D eigenvalue weighted by Gasteiger charge is 2.32. The van der Waals surface area contributed by atoms with E-state index in [1.807, 2.05) is 13.8 Å². The van der Waals surface area contributed by atoms with Gasteiger partial charge in [0.15, 0.2) is 6.61 Å². The number of ether oxygens (including phenoxy) is 1. The molecule has 160 valence electrons. The Hall–Kier alpha value is -3.13. The molecule has 0 aromatic heterocycles. The van der Waals surface area contributed by atoms with E-state index in [9.17, 15) is 14.0 Å². The average molecular weight is 415 g/mol. The van der Waals surface area contributed by atoms with Crippen LogP contribution in [0.3, 0.4) is 0 Å².